The number of hydrogen-bond donors (Lipinski definition) is 3. The van der Waals surface area contributed by atoms with Gasteiger partial charge in [0.05, 0.1) is 18.5 Å². The SMILES string of the molecule is CC(C)Oc1c(-c2cn[nH]c2)ncc2nc(N[C@H]3CCN(S(=O)(=O)NCCCCl)C[C@H]3C)nn12. The Kier molecular flexibility index (Phi) is 7.55. The third kappa shape index (κ3) is 5.43. The van der Waals surface area contributed by atoms with Gasteiger partial charge in [0.15, 0.2) is 5.65 Å². The lowest BCUT2D eigenvalue weighted by Crippen LogP contribution is -2.51. The Morgan fingerprint density at radius 1 is 1.35 bits per heavy atom. The summed E-state index contributed by atoms with van der Waals surface area (Å²) < 4.78 is 36.8. The van der Waals surface area contributed by atoms with Gasteiger partial charge >= 0.3 is 0 Å². The van der Waals surface area contributed by atoms with Crippen molar-refractivity contribution >= 4 is 33.4 Å². The summed E-state index contributed by atoms with van der Waals surface area (Å²) in [6.07, 6.45) is 6.17. The minimum Gasteiger partial charge on any atom is -0.473 e. The fourth-order valence-corrected chi connectivity index (χ4v) is 5.36. The molecule has 3 aromatic heterocycles. The second-order valence-corrected chi connectivity index (χ2v) is 10.7. The minimum absolute atomic E-state index is 0.0162. The van der Waals surface area contributed by atoms with Crippen LogP contribution in [0.4, 0.5) is 5.95 Å². The van der Waals surface area contributed by atoms with E-state index in [4.69, 9.17) is 16.3 Å². The van der Waals surface area contributed by atoms with Crippen LogP contribution in [0.2, 0.25) is 0 Å². The number of anilines is 1. The molecule has 12 nitrogen and oxygen atoms in total. The average Bonchev–Trinajstić information content (AvgIpc) is 3.45. The normalized spacial score (nSPS) is 19.7. The Morgan fingerprint density at radius 3 is 2.85 bits per heavy atom. The molecule has 4 heterocycles. The second kappa shape index (κ2) is 10.4. The summed E-state index contributed by atoms with van der Waals surface area (Å²) in [6, 6.07) is 0.0162. The lowest BCUT2D eigenvalue weighted by atomic mass is 9.95. The number of alkyl halides is 1. The van der Waals surface area contributed by atoms with E-state index in [-0.39, 0.29) is 18.1 Å². The first-order valence-electron chi connectivity index (χ1n) is 11.3. The lowest BCUT2D eigenvalue weighted by Gasteiger charge is -2.36. The molecule has 1 aliphatic rings. The van der Waals surface area contributed by atoms with E-state index in [0.29, 0.717) is 61.5 Å². The number of nitrogens with zero attached hydrogens (tertiary/aromatic N) is 6. The highest BCUT2D eigenvalue weighted by Gasteiger charge is 2.33. The molecule has 1 saturated heterocycles. The molecule has 3 aromatic rings. The van der Waals surface area contributed by atoms with Crippen molar-refractivity contribution < 1.29 is 13.2 Å². The van der Waals surface area contributed by atoms with Crippen LogP contribution in [0.5, 0.6) is 5.88 Å². The van der Waals surface area contributed by atoms with Crippen molar-refractivity contribution in [2.45, 2.75) is 45.8 Å². The Bertz CT molecular complexity index is 1200. The molecule has 0 spiro atoms. The molecule has 0 aromatic carbocycles. The van der Waals surface area contributed by atoms with E-state index in [9.17, 15) is 8.42 Å². The third-order valence-electron chi connectivity index (χ3n) is 5.57. The van der Waals surface area contributed by atoms with Crippen LogP contribution in [0.25, 0.3) is 16.9 Å². The molecule has 0 aliphatic carbocycles. The van der Waals surface area contributed by atoms with Crippen LogP contribution in [0.15, 0.2) is 18.6 Å². The van der Waals surface area contributed by atoms with Crippen molar-refractivity contribution in [3.05, 3.63) is 18.6 Å². The van der Waals surface area contributed by atoms with Gasteiger partial charge < -0.3 is 10.1 Å². The van der Waals surface area contributed by atoms with Crippen LogP contribution in [0.1, 0.15) is 33.6 Å². The van der Waals surface area contributed by atoms with Crippen molar-refractivity contribution in [1.82, 2.24) is 38.8 Å². The highest BCUT2D eigenvalue weighted by atomic mass is 35.5. The summed E-state index contributed by atoms with van der Waals surface area (Å²) in [5.41, 5.74) is 1.94. The number of aromatic amines is 1. The number of piperidine rings is 1. The summed E-state index contributed by atoms with van der Waals surface area (Å²) in [5.74, 6) is 1.38. The number of fused-ring (bicyclic) bond motifs is 1. The zero-order chi connectivity index (χ0) is 24.3. The molecular weight excluding hydrogens is 482 g/mol. The fourth-order valence-electron chi connectivity index (χ4n) is 3.87. The highest BCUT2D eigenvalue weighted by Crippen LogP contribution is 2.29. The molecule has 186 valence electrons. The van der Waals surface area contributed by atoms with Crippen LogP contribution in [-0.4, -0.2) is 80.2 Å². The zero-order valence-corrected chi connectivity index (χ0v) is 21.0. The number of H-pyrrole nitrogens is 1. The molecule has 0 saturated carbocycles. The molecule has 0 unspecified atom stereocenters. The van der Waals surface area contributed by atoms with Gasteiger partial charge in [0.1, 0.15) is 5.69 Å². The number of nitrogens with one attached hydrogen (secondary N) is 3. The molecule has 0 radical (unpaired) electrons. The second-order valence-electron chi connectivity index (χ2n) is 8.59. The van der Waals surface area contributed by atoms with Crippen LogP contribution in [0.3, 0.4) is 0 Å². The molecule has 3 N–H and O–H groups in total. The van der Waals surface area contributed by atoms with Crippen LogP contribution in [-0.2, 0) is 10.2 Å². The highest BCUT2D eigenvalue weighted by molar-refractivity contribution is 7.87. The van der Waals surface area contributed by atoms with Gasteiger partial charge in [-0.25, -0.2) is 9.71 Å². The lowest BCUT2D eigenvalue weighted by molar-refractivity contribution is 0.227. The maximum atomic E-state index is 12.5. The summed E-state index contributed by atoms with van der Waals surface area (Å²) in [7, 11) is -3.52. The standard InChI is InChI=1S/C20H30ClN9O3S/c1-13(2)33-19-18(15-9-23-24-10-15)22-11-17-27-20(28-30(17)19)26-16-5-8-29(12-14(16)3)34(31,32)25-7-4-6-21/h9-11,13-14,16,25H,4-8,12H2,1-3H3,(H,23,24)(H,26,28)/t14-,16+/m1/s1. The first-order valence-corrected chi connectivity index (χ1v) is 13.2. The van der Waals surface area contributed by atoms with E-state index in [0.717, 1.165) is 5.56 Å². The molecule has 4 rings (SSSR count). The number of hydrogen-bond acceptors (Lipinski definition) is 8. The van der Waals surface area contributed by atoms with Crippen molar-refractivity contribution in [2.24, 2.45) is 5.92 Å². The first kappa shape index (κ1) is 24.6. The van der Waals surface area contributed by atoms with Crippen molar-refractivity contribution in [1.29, 1.82) is 0 Å². The van der Waals surface area contributed by atoms with Gasteiger partial charge in [-0.1, -0.05) is 6.92 Å². The topological polar surface area (TPSA) is 142 Å². The summed E-state index contributed by atoms with van der Waals surface area (Å²) >= 11 is 5.65. The average molecular weight is 512 g/mol. The maximum Gasteiger partial charge on any atom is 0.279 e. The Labute approximate surface area is 203 Å². The predicted molar refractivity (Wildman–Crippen MR) is 129 cm³/mol. The Morgan fingerprint density at radius 2 is 2.18 bits per heavy atom. The monoisotopic (exact) mass is 511 g/mol. The molecule has 14 heteroatoms. The van der Waals surface area contributed by atoms with E-state index in [1.807, 2.05) is 20.8 Å². The van der Waals surface area contributed by atoms with Gasteiger partial charge in [0.25, 0.3) is 10.2 Å². The van der Waals surface area contributed by atoms with Gasteiger partial charge in [0, 0.05) is 43.3 Å². The first-order chi connectivity index (χ1) is 16.3. The van der Waals surface area contributed by atoms with Gasteiger partial charge in [-0.05, 0) is 32.6 Å². The van der Waals surface area contributed by atoms with E-state index in [2.05, 4.69) is 35.3 Å². The van der Waals surface area contributed by atoms with Gasteiger partial charge in [-0.15, -0.1) is 16.7 Å². The number of ether oxygens (including phenoxy) is 1. The quantitative estimate of drug-likeness (QED) is 0.276. The molecule has 2 atom stereocenters. The fraction of sp³-hybridized carbons (Fsp3) is 0.600. The predicted octanol–water partition coefficient (Wildman–Crippen LogP) is 1.89. The number of rotatable bonds is 10. The zero-order valence-electron chi connectivity index (χ0n) is 19.4. The van der Waals surface area contributed by atoms with Gasteiger partial charge in [-0.3, -0.25) is 5.10 Å². The van der Waals surface area contributed by atoms with E-state index < -0.39 is 10.2 Å². The molecule has 1 aliphatic heterocycles. The summed E-state index contributed by atoms with van der Waals surface area (Å²) in [6.45, 7) is 7.01. The van der Waals surface area contributed by atoms with E-state index in [1.165, 1.54) is 4.31 Å². The largest absolute Gasteiger partial charge is 0.473 e. The van der Waals surface area contributed by atoms with Crippen LogP contribution >= 0.6 is 11.6 Å². The van der Waals surface area contributed by atoms with E-state index >= 15 is 0 Å². The Hall–Kier alpha value is -2.48. The molecule has 34 heavy (non-hydrogen) atoms. The molecule has 1 fully saturated rings. The third-order valence-corrected chi connectivity index (χ3v) is 7.42. The minimum atomic E-state index is -3.52. The van der Waals surface area contributed by atoms with Crippen molar-refractivity contribution in [3.8, 4) is 17.1 Å². The van der Waals surface area contributed by atoms with E-state index in [1.54, 1.807) is 23.1 Å². The molecule has 0 amide bonds. The van der Waals surface area contributed by atoms with Crippen molar-refractivity contribution in [2.75, 3.05) is 30.8 Å². The number of aromatic nitrogens is 6. The van der Waals surface area contributed by atoms with Crippen molar-refractivity contribution in [3.63, 3.8) is 0 Å². The Balaban J connectivity index is 1.51. The van der Waals surface area contributed by atoms with Gasteiger partial charge in [0.2, 0.25) is 11.8 Å². The number of halogens is 1. The van der Waals surface area contributed by atoms with Crippen LogP contribution < -0.4 is 14.8 Å². The molecular formula is C20H30ClN9O3S. The summed E-state index contributed by atoms with van der Waals surface area (Å²) in [4.78, 5) is 9.09. The smallest absolute Gasteiger partial charge is 0.279 e. The van der Waals surface area contributed by atoms with Crippen LogP contribution in [0, 0.1) is 5.92 Å². The summed E-state index contributed by atoms with van der Waals surface area (Å²) in [5, 5.41) is 14.8. The molecule has 0 bridgehead atoms. The maximum absolute atomic E-state index is 12.5. The van der Waals surface area contributed by atoms with Gasteiger partial charge in [-0.2, -0.15) is 27.3 Å².